The molecule has 29 heavy (non-hydrogen) atoms. The minimum atomic E-state index is -0.844. The molecule has 4 rings (SSSR count). The number of aliphatic carboxylic acids is 1. The van der Waals surface area contributed by atoms with Crippen LogP contribution in [0.25, 0.3) is 10.9 Å². The number of hydrogen-bond donors (Lipinski definition) is 3. The van der Waals surface area contributed by atoms with Gasteiger partial charge < -0.3 is 15.4 Å². The molecule has 1 aliphatic heterocycles. The molecular formula is C21H24N4O3S. The maximum absolute atomic E-state index is 12.2. The highest BCUT2D eigenvalue weighted by Gasteiger charge is 2.32. The smallest absolute Gasteiger partial charge is 0.325 e. The van der Waals surface area contributed by atoms with Crippen molar-refractivity contribution in [3.63, 3.8) is 0 Å². The van der Waals surface area contributed by atoms with Gasteiger partial charge in [0.2, 0.25) is 5.91 Å². The van der Waals surface area contributed by atoms with Crippen LogP contribution in [-0.2, 0) is 16.1 Å². The van der Waals surface area contributed by atoms with Crippen molar-refractivity contribution in [3.8, 4) is 0 Å². The van der Waals surface area contributed by atoms with Crippen molar-refractivity contribution in [2.24, 2.45) is 0 Å². The number of thiophene rings is 1. The Bertz CT molecular complexity index is 1010. The third-order valence-corrected chi connectivity index (χ3v) is 6.16. The second-order valence-corrected chi connectivity index (χ2v) is 8.35. The molecule has 1 atom stereocenters. The summed E-state index contributed by atoms with van der Waals surface area (Å²) >= 11 is 1.75. The van der Waals surface area contributed by atoms with Gasteiger partial charge in [0.1, 0.15) is 6.04 Å². The number of hydrogen-bond acceptors (Lipinski definition) is 5. The van der Waals surface area contributed by atoms with E-state index in [1.54, 1.807) is 23.6 Å². The van der Waals surface area contributed by atoms with Gasteiger partial charge in [-0.15, -0.1) is 11.3 Å². The van der Waals surface area contributed by atoms with E-state index in [1.165, 1.54) is 11.8 Å². The van der Waals surface area contributed by atoms with Crippen LogP contribution in [0.2, 0.25) is 0 Å². The summed E-state index contributed by atoms with van der Waals surface area (Å²) in [6.07, 6.45) is 1.78. The number of anilines is 1. The predicted octanol–water partition coefficient (Wildman–Crippen LogP) is 3.13. The molecule has 2 aromatic heterocycles. The lowest BCUT2D eigenvalue weighted by molar-refractivity contribution is -0.144. The number of nitrogens with one attached hydrogen (secondary N) is 2. The number of carboxylic acid groups (broad SMARTS) is 1. The first-order valence-electron chi connectivity index (χ1n) is 9.61. The summed E-state index contributed by atoms with van der Waals surface area (Å²) in [5.41, 5.74) is 2.26. The van der Waals surface area contributed by atoms with E-state index in [2.05, 4.69) is 32.7 Å². The van der Waals surface area contributed by atoms with Gasteiger partial charge in [-0.1, -0.05) is 12.1 Å². The van der Waals surface area contributed by atoms with E-state index in [0.717, 1.165) is 36.1 Å². The number of benzene rings is 1. The molecule has 0 saturated carbocycles. The molecule has 7 nitrogen and oxygen atoms in total. The first-order chi connectivity index (χ1) is 14.0. The number of aromatic amines is 1. The van der Waals surface area contributed by atoms with Crippen molar-refractivity contribution in [3.05, 3.63) is 52.3 Å². The standard InChI is InChI=1S/C21H24N4O3S/c1-14(26)23-15-4-5-17-18(12-22-19(17)11-15)20(21(27)28)25-8-6-24(7-9-25)13-16-3-2-10-29-16/h2-5,10-12,20,22H,6-9,13H2,1H3,(H,23,26)(H,27,28)/t20-/m0/s1. The Balaban J connectivity index is 1.51. The Morgan fingerprint density at radius 3 is 2.69 bits per heavy atom. The molecule has 1 saturated heterocycles. The number of aromatic nitrogens is 1. The summed E-state index contributed by atoms with van der Waals surface area (Å²) in [4.78, 5) is 32.4. The van der Waals surface area contributed by atoms with E-state index in [-0.39, 0.29) is 5.91 Å². The van der Waals surface area contributed by atoms with Gasteiger partial charge in [-0.3, -0.25) is 19.4 Å². The van der Waals surface area contributed by atoms with E-state index in [1.807, 2.05) is 17.0 Å². The quantitative estimate of drug-likeness (QED) is 0.579. The lowest BCUT2D eigenvalue weighted by Gasteiger charge is -2.37. The highest BCUT2D eigenvalue weighted by molar-refractivity contribution is 7.09. The van der Waals surface area contributed by atoms with Crippen molar-refractivity contribution in [1.82, 2.24) is 14.8 Å². The summed E-state index contributed by atoms with van der Waals surface area (Å²) < 4.78 is 0. The van der Waals surface area contributed by atoms with Crippen molar-refractivity contribution < 1.29 is 14.7 Å². The summed E-state index contributed by atoms with van der Waals surface area (Å²) in [5, 5.41) is 15.7. The van der Waals surface area contributed by atoms with E-state index >= 15 is 0 Å². The minimum Gasteiger partial charge on any atom is -0.480 e. The van der Waals surface area contributed by atoms with Gasteiger partial charge in [0, 0.05) is 72.9 Å². The van der Waals surface area contributed by atoms with Crippen molar-refractivity contribution in [2.45, 2.75) is 19.5 Å². The molecule has 3 aromatic rings. The molecule has 3 heterocycles. The average molecular weight is 413 g/mol. The number of H-pyrrole nitrogens is 1. The molecule has 152 valence electrons. The highest BCUT2D eigenvalue weighted by atomic mass is 32.1. The van der Waals surface area contributed by atoms with Crippen LogP contribution in [-0.4, -0.2) is 57.9 Å². The average Bonchev–Trinajstić information content (AvgIpc) is 3.33. The molecule has 1 aromatic carbocycles. The van der Waals surface area contributed by atoms with Gasteiger partial charge in [-0.05, 0) is 23.6 Å². The summed E-state index contributed by atoms with van der Waals surface area (Å²) in [7, 11) is 0. The minimum absolute atomic E-state index is 0.139. The number of amides is 1. The normalized spacial score (nSPS) is 16.7. The van der Waals surface area contributed by atoms with Crippen LogP contribution >= 0.6 is 11.3 Å². The van der Waals surface area contributed by atoms with Crippen LogP contribution in [0.3, 0.4) is 0 Å². The number of piperazine rings is 1. The Labute approximate surface area is 172 Å². The summed E-state index contributed by atoms with van der Waals surface area (Å²) in [5.74, 6) is -0.983. The van der Waals surface area contributed by atoms with E-state index in [9.17, 15) is 14.7 Å². The van der Waals surface area contributed by atoms with Crippen LogP contribution in [0.1, 0.15) is 23.4 Å². The Morgan fingerprint density at radius 2 is 2.03 bits per heavy atom. The first-order valence-corrected chi connectivity index (χ1v) is 10.5. The number of carbonyl (C=O) groups is 2. The van der Waals surface area contributed by atoms with Gasteiger partial charge in [-0.25, -0.2) is 0 Å². The van der Waals surface area contributed by atoms with Crippen molar-refractivity contribution >= 4 is 39.8 Å². The Kier molecular flexibility index (Phi) is 5.66. The third-order valence-electron chi connectivity index (χ3n) is 5.29. The zero-order chi connectivity index (χ0) is 20.4. The van der Waals surface area contributed by atoms with E-state index < -0.39 is 12.0 Å². The number of rotatable bonds is 6. The summed E-state index contributed by atoms with van der Waals surface area (Å²) in [6, 6.07) is 9.01. The van der Waals surface area contributed by atoms with Crippen LogP contribution in [0.15, 0.2) is 41.9 Å². The van der Waals surface area contributed by atoms with Crippen LogP contribution in [0, 0.1) is 0 Å². The zero-order valence-corrected chi connectivity index (χ0v) is 17.0. The lowest BCUT2D eigenvalue weighted by Crippen LogP contribution is -2.48. The molecule has 1 aliphatic rings. The first kappa shape index (κ1) is 19.6. The fraction of sp³-hybridized carbons (Fsp3) is 0.333. The molecule has 3 N–H and O–H groups in total. The lowest BCUT2D eigenvalue weighted by atomic mass is 10.0. The zero-order valence-electron chi connectivity index (χ0n) is 16.2. The van der Waals surface area contributed by atoms with Gasteiger partial charge >= 0.3 is 5.97 Å². The Morgan fingerprint density at radius 1 is 1.24 bits per heavy atom. The van der Waals surface area contributed by atoms with Crippen LogP contribution in [0.5, 0.6) is 0 Å². The van der Waals surface area contributed by atoms with Crippen LogP contribution < -0.4 is 5.32 Å². The Hall–Kier alpha value is -2.68. The fourth-order valence-electron chi connectivity index (χ4n) is 3.94. The van der Waals surface area contributed by atoms with Gasteiger partial charge in [0.25, 0.3) is 0 Å². The second-order valence-electron chi connectivity index (χ2n) is 7.32. The molecule has 1 amide bonds. The van der Waals surface area contributed by atoms with E-state index in [0.29, 0.717) is 18.8 Å². The number of carbonyl (C=O) groups excluding carboxylic acids is 1. The van der Waals surface area contributed by atoms with E-state index in [4.69, 9.17) is 0 Å². The molecule has 0 radical (unpaired) electrons. The second kappa shape index (κ2) is 8.36. The van der Waals surface area contributed by atoms with Gasteiger partial charge in [0.15, 0.2) is 0 Å². The monoisotopic (exact) mass is 412 g/mol. The highest BCUT2D eigenvalue weighted by Crippen LogP contribution is 2.31. The molecule has 0 unspecified atom stereocenters. The molecular weight excluding hydrogens is 388 g/mol. The van der Waals surface area contributed by atoms with Crippen molar-refractivity contribution in [2.75, 3.05) is 31.5 Å². The maximum atomic E-state index is 12.2. The van der Waals surface area contributed by atoms with Gasteiger partial charge in [-0.2, -0.15) is 0 Å². The third kappa shape index (κ3) is 4.34. The molecule has 1 fully saturated rings. The SMILES string of the molecule is CC(=O)Nc1ccc2c([C@@H](C(=O)O)N3CCN(Cc4cccs4)CC3)c[nH]c2c1. The molecule has 0 aliphatic carbocycles. The predicted molar refractivity (Wildman–Crippen MR) is 114 cm³/mol. The van der Waals surface area contributed by atoms with Crippen LogP contribution in [0.4, 0.5) is 5.69 Å². The number of carboxylic acids is 1. The molecule has 8 heteroatoms. The largest absolute Gasteiger partial charge is 0.480 e. The summed E-state index contributed by atoms with van der Waals surface area (Å²) in [6.45, 7) is 5.48. The fourth-order valence-corrected chi connectivity index (χ4v) is 4.69. The number of nitrogens with zero attached hydrogens (tertiary/aromatic N) is 2. The molecule has 0 spiro atoms. The topological polar surface area (TPSA) is 88.7 Å². The van der Waals surface area contributed by atoms with Crippen molar-refractivity contribution in [1.29, 1.82) is 0 Å². The molecule has 0 bridgehead atoms. The number of fused-ring (bicyclic) bond motifs is 1. The van der Waals surface area contributed by atoms with Gasteiger partial charge in [0.05, 0.1) is 0 Å². The maximum Gasteiger partial charge on any atom is 0.325 e.